The van der Waals surface area contributed by atoms with E-state index in [2.05, 4.69) is 20.9 Å². The van der Waals surface area contributed by atoms with Gasteiger partial charge >= 0.3 is 0 Å². The number of halogens is 1. The maximum absolute atomic E-state index is 6.08. The van der Waals surface area contributed by atoms with E-state index in [1.54, 1.807) is 13.3 Å². The molecule has 2 aromatic carbocycles. The van der Waals surface area contributed by atoms with Gasteiger partial charge in [0, 0.05) is 36.1 Å². The minimum Gasteiger partial charge on any atom is -0.493 e. The van der Waals surface area contributed by atoms with Crippen molar-refractivity contribution in [2.45, 2.75) is 26.1 Å². The van der Waals surface area contributed by atoms with Crippen LogP contribution in [0.1, 0.15) is 17.5 Å². The average Bonchev–Trinajstić information content (AvgIpc) is 3.21. The van der Waals surface area contributed by atoms with Gasteiger partial charge in [-0.1, -0.05) is 35.9 Å². The van der Waals surface area contributed by atoms with E-state index < -0.39 is 0 Å². The number of hydrogen-bond donors (Lipinski definition) is 1. The van der Waals surface area contributed by atoms with E-state index in [1.165, 1.54) is 0 Å². The van der Waals surface area contributed by atoms with Gasteiger partial charge in [0.1, 0.15) is 6.61 Å². The van der Waals surface area contributed by atoms with Crippen LogP contribution >= 0.6 is 11.6 Å². The summed E-state index contributed by atoms with van der Waals surface area (Å²) >= 11 is 5.94. The van der Waals surface area contributed by atoms with Crippen molar-refractivity contribution in [3.8, 4) is 11.5 Å². The Balaban J connectivity index is 1.56. The number of aromatic nitrogens is 2. The van der Waals surface area contributed by atoms with Crippen molar-refractivity contribution in [1.82, 2.24) is 14.9 Å². The molecule has 1 heterocycles. The fourth-order valence-corrected chi connectivity index (χ4v) is 2.92. The molecule has 0 aliphatic rings. The second-order valence-corrected chi connectivity index (χ2v) is 6.63. The molecule has 0 fully saturated rings. The van der Waals surface area contributed by atoms with Gasteiger partial charge in [-0.2, -0.15) is 0 Å². The lowest BCUT2D eigenvalue weighted by atomic mass is 10.1. The summed E-state index contributed by atoms with van der Waals surface area (Å²) in [6.45, 7) is 3.04. The zero-order valence-electron chi connectivity index (χ0n) is 15.4. The van der Waals surface area contributed by atoms with E-state index >= 15 is 0 Å². The number of imidazole rings is 1. The largest absolute Gasteiger partial charge is 0.493 e. The first kappa shape index (κ1) is 19.3. The summed E-state index contributed by atoms with van der Waals surface area (Å²) in [5.41, 5.74) is 2.13. The standard InChI is InChI=1S/C21H24ClN3O2/c1-26-20-5-2-4-18(14-23-10-3-12-25-13-11-24-16-25)21(20)27-15-17-6-8-19(22)9-7-17/h2,4-9,11,13,16,23H,3,10,12,14-15H2,1H3. The molecule has 1 aromatic heterocycles. The Morgan fingerprint density at radius 2 is 2.00 bits per heavy atom. The van der Waals surface area contributed by atoms with Crippen LogP contribution < -0.4 is 14.8 Å². The molecule has 1 N–H and O–H groups in total. The average molecular weight is 386 g/mol. The minimum atomic E-state index is 0.463. The van der Waals surface area contributed by atoms with Crippen LogP contribution in [0.25, 0.3) is 0 Å². The lowest BCUT2D eigenvalue weighted by Gasteiger charge is -2.16. The lowest BCUT2D eigenvalue weighted by molar-refractivity contribution is 0.280. The van der Waals surface area contributed by atoms with Gasteiger partial charge in [-0.3, -0.25) is 0 Å². The highest BCUT2D eigenvalue weighted by molar-refractivity contribution is 6.30. The van der Waals surface area contributed by atoms with Crippen LogP contribution in [0.2, 0.25) is 5.02 Å². The predicted molar refractivity (Wildman–Crippen MR) is 107 cm³/mol. The van der Waals surface area contributed by atoms with Crippen LogP contribution in [-0.4, -0.2) is 23.2 Å². The zero-order valence-corrected chi connectivity index (χ0v) is 16.2. The van der Waals surface area contributed by atoms with Crippen LogP contribution in [0.4, 0.5) is 0 Å². The SMILES string of the molecule is COc1cccc(CNCCCn2ccnc2)c1OCc1ccc(Cl)cc1. The molecule has 0 atom stereocenters. The molecule has 0 aliphatic carbocycles. The van der Waals surface area contributed by atoms with Crippen LogP contribution in [0.3, 0.4) is 0 Å². The van der Waals surface area contributed by atoms with E-state index in [0.29, 0.717) is 6.61 Å². The third-order valence-electron chi connectivity index (χ3n) is 4.22. The molecule has 5 nitrogen and oxygen atoms in total. The predicted octanol–water partition coefficient (Wildman–Crippen LogP) is 4.30. The summed E-state index contributed by atoms with van der Waals surface area (Å²) in [6, 6.07) is 13.6. The van der Waals surface area contributed by atoms with E-state index in [-0.39, 0.29) is 0 Å². The summed E-state index contributed by atoms with van der Waals surface area (Å²) in [5.74, 6) is 1.51. The molecule has 6 heteroatoms. The molecule has 0 saturated carbocycles. The van der Waals surface area contributed by atoms with Crippen molar-refractivity contribution < 1.29 is 9.47 Å². The van der Waals surface area contributed by atoms with Crippen LogP contribution in [0.5, 0.6) is 11.5 Å². The monoisotopic (exact) mass is 385 g/mol. The molecule has 0 spiro atoms. The van der Waals surface area contributed by atoms with E-state index in [9.17, 15) is 0 Å². The third kappa shape index (κ3) is 5.74. The Labute approximate surface area is 164 Å². The van der Waals surface area contributed by atoms with Crippen LogP contribution in [0.15, 0.2) is 61.2 Å². The molecule has 27 heavy (non-hydrogen) atoms. The van der Waals surface area contributed by atoms with Gasteiger partial charge in [0.2, 0.25) is 0 Å². The van der Waals surface area contributed by atoms with Crippen LogP contribution in [0, 0.1) is 0 Å². The molecule has 3 aromatic rings. The van der Waals surface area contributed by atoms with Crippen molar-refractivity contribution >= 4 is 11.6 Å². The van der Waals surface area contributed by atoms with Crippen molar-refractivity contribution in [2.75, 3.05) is 13.7 Å². The summed E-state index contributed by atoms with van der Waals surface area (Å²) in [4.78, 5) is 4.05. The summed E-state index contributed by atoms with van der Waals surface area (Å²) in [5, 5.41) is 4.19. The third-order valence-corrected chi connectivity index (χ3v) is 4.47. The van der Waals surface area contributed by atoms with Gasteiger partial charge in [-0.15, -0.1) is 0 Å². The maximum atomic E-state index is 6.08. The van der Waals surface area contributed by atoms with Gasteiger partial charge < -0.3 is 19.4 Å². The Morgan fingerprint density at radius 3 is 2.74 bits per heavy atom. The smallest absolute Gasteiger partial charge is 0.166 e. The first-order valence-electron chi connectivity index (χ1n) is 8.96. The Morgan fingerprint density at radius 1 is 1.15 bits per heavy atom. The van der Waals surface area contributed by atoms with Gasteiger partial charge in [-0.25, -0.2) is 4.98 Å². The topological polar surface area (TPSA) is 48.3 Å². The fourth-order valence-electron chi connectivity index (χ4n) is 2.79. The lowest BCUT2D eigenvalue weighted by Crippen LogP contribution is -2.17. The Kier molecular flexibility index (Phi) is 7.13. The highest BCUT2D eigenvalue weighted by Gasteiger charge is 2.11. The minimum absolute atomic E-state index is 0.463. The Bertz CT molecular complexity index is 820. The molecule has 0 aliphatic heterocycles. The second-order valence-electron chi connectivity index (χ2n) is 6.19. The van der Waals surface area contributed by atoms with Crippen LogP contribution in [-0.2, 0) is 19.7 Å². The van der Waals surface area contributed by atoms with Crippen molar-refractivity contribution in [2.24, 2.45) is 0 Å². The summed E-state index contributed by atoms with van der Waals surface area (Å²) < 4.78 is 13.6. The maximum Gasteiger partial charge on any atom is 0.166 e. The zero-order chi connectivity index (χ0) is 18.9. The molecular weight excluding hydrogens is 362 g/mol. The van der Waals surface area contributed by atoms with Crippen molar-refractivity contribution in [1.29, 1.82) is 0 Å². The van der Waals surface area contributed by atoms with Gasteiger partial charge in [0.15, 0.2) is 11.5 Å². The number of hydrogen-bond acceptors (Lipinski definition) is 4. The second kappa shape index (κ2) is 10.00. The Hall–Kier alpha value is -2.50. The number of methoxy groups -OCH3 is 1. The highest BCUT2D eigenvalue weighted by atomic mass is 35.5. The summed E-state index contributed by atoms with van der Waals surface area (Å²) in [6.07, 6.45) is 6.64. The molecule has 0 radical (unpaired) electrons. The number of benzene rings is 2. The highest BCUT2D eigenvalue weighted by Crippen LogP contribution is 2.31. The number of rotatable bonds is 10. The van der Waals surface area contributed by atoms with Gasteiger partial charge in [0.25, 0.3) is 0 Å². The number of nitrogens with one attached hydrogen (secondary N) is 1. The summed E-state index contributed by atoms with van der Waals surface area (Å²) in [7, 11) is 1.66. The van der Waals surface area contributed by atoms with E-state index in [1.807, 2.05) is 48.9 Å². The molecule has 0 bridgehead atoms. The molecular formula is C21H24ClN3O2. The first-order chi connectivity index (χ1) is 13.3. The van der Waals surface area contributed by atoms with Gasteiger partial charge in [0.05, 0.1) is 13.4 Å². The van der Waals surface area contributed by atoms with E-state index in [0.717, 1.165) is 53.7 Å². The van der Waals surface area contributed by atoms with Gasteiger partial charge in [-0.05, 0) is 36.7 Å². The van der Waals surface area contributed by atoms with Crippen molar-refractivity contribution in [3.63, 3.8) is 0 Å². The number of nitrogens with zero attached hydrogens (tertiary/aromatic N) is 2. The molecule has 0 saturated heterocycles. The molecule has 0 unspecified atom stereocenters. The van der Waals surface area contributed by atoms with E-state index in [4.69, 9.17) is 21.1 Å². The van der Waals surface area contributed by atoms with Crippen molar-refractivity contribution in [3.05, 3.63) is 77.3 Å². The number of para-hydroxylation sites is 1. The first-order valence-corrected chi connectivity index (χ1v) is 9.33. The number of aryl methyl sites for hydroxylation is 1. The molecule has 142 valence electrons. The normalized spacial score (nSPS) is 10.7. The molecule has 0 amide bonds. The number of ether oxygens (including phenoxy) is 2. The fraction of sp³-hybridized carbons (Fsp3) is 0.286. The quantitative estimate of drug-likeness (QED) is 0.528. The molecule has 3 rings (SSSR count).